The van der Waals surface area contributed by atoms with Crippen LogP contribution in [-0.2, 0) is 0 Å². The Balaban J connectivity index is 2.34. The van der Waals surface area contributed by atoms with Gasteiger partial charge in [-0.15, -0.1) is 10.0 Å². The average Bonchev–Trinajstić information content (AvgIpc) is 2.43. The molecule has 7 heteroatoms. The molecular formula is C13H13N5O2. The summed E-state index contributed by atoms with van der Waals surface area (Å²) < 4.78 is 5.63. The Bertz CT molecular complexity index is 670. The molecule has 2 aromatic rings. The van der Waals surface area contributed by atoms with E-state index in [1.165, 1.54) is 6.07 Å². The van der Waals surface area contributed by atoms with Gasteiger partial charge in [0.25, 0.3) is 0 Å². The Labute approximate surface area is 115 Å². The standard InChI is InChI=1S/C13H13N5O2/c1-8-5-11(14)13(7-12(8)17-19)20-10-4-2-3-9(6-10)16-18-15/h2-7H,14H2,1H3,(H2,15,16). The summed E-state index contributed by atoms with van der Waals surface area (Å²) in [5.41, 5.74) is 7.80. The summed E-state index contributed by atoms with van der Waals surface area (Å²) in [6.45, 7) is 1.75. The Hall–Kier alpha value is -2.96. The van der Waals surface area contributed by atoms with Crippen molar-refractivity contribution in [2.75, 3.05) is 5.73 Å². The average molecular weight is 271 g/mol. The molecule has 0 heterocycles. The molecule has 0 saturated carbocycles. The number of benzene rings is 2. The molecule has 7 nitrogen and oxygen atoms in total. The van der Waals surface area contributed by atoms with Crippen molar-refractivity contribution in [2.45, 2.75) is 6.92 Å². The van der Waals surface area contributed by atoms with Crippen LogP contribution in [0.25, 0.3) is 0 Å². The zero-order valence-corrected chi connectivity index (χ0v) is 10.8. The first kappa shape index (κ1) is 13.5. The molecule has 20 heavy (non-hydrogen) atoms. The maximum atomic E-state index is 10.7. The number of ether oxygens (including phenoxy) is 1. The van der Waals surface area contributed by atoms with Gasteiger partial charge in [-0.25, -0.2) is 0 Å². The van der Waals surface area contributed by atoms with E-state index >= 15 is 0 Å². The van der Waals surface area contributed by atoms with E-state index in [-0.39, 0.29) is 5.69 Å². The third-order valence-electron chi connectivity index (χ3n) is 2.65. The van der Waals surface area contributed by atoms with E-state index in [1.54, 1.807) is 37.3 Å². The summed E-state index contributed by atoms with van der Waals surface area (Å²) in [5.74, 6) is 5.85. The van der Waals surface area contributed by atoms with Crippen LogP contribution in [0.5, 0.6) is 11.5 Å². The van der Waals surface area contributed by atoms with Crippen LogP contribution in [0.3, 0.4) is 0 Å². The lowest BCUT2D eigenvalue weighted by atomic mass is 10.1. The van der Waals surface area contributed by atoms with Crippen molar-refractivity contribution >= 4 is 17.1 Å². The molecule has 0 bridgehead atoms. The SMILES string of the molecule is Cc1cc(N)c(Oc2cccc(N=NN)c2)cc1N=O. The highest BCUT2D eigenvalue weighted by atomic mass is 16.5. The molecule has 0 spiro atoms. The molecular weight excluding hydrogens is 258 g/mol. The molecule has 0 unspecified atom stereocenters. The van der Waals surface area contributed by atoms with E-state index in [4.69, 9.17) is 16.3 Å². The number of nitrogens with two attached hydrogens (primary N) is 2. The second-order valence-corrected chi connectivity index (χ2v) is 4.08. The van der Waals surface area contributed by atoms with Gasteiger partial charge in [0, 0.05) is 12.1 Å². The fraction of sp³-hybridized carbons (Fsp3) is 0.0769. The fourth-order valence-corrected chi connectivity index (χ4v) is 1.69. The van der Waals surface area contributed by atoms with Gasteiger partial charge in [-0.1, -0.05) is 11.3 Å². The maximum absolute atomic E-state index is 10.7. The normalized spacial score (nSPS) is 10.7. The second-order valence-electron chi connectivity index (χ2n) is 4.08. The van der Waals surface area contributed by atoms with E-state index in [0.717, 1.165) is 0 Å². The van der Waals surface area contributed by atoms with Gasteiger partial charge < -0.3 is 16.3 Å². The Morgan fingerprint density at radius 2 is 2.00 bits per heavy atom. The minimum absolute atomic E-state index is 0.284. The van der Waals surface area contributed by atoms with Gasteiger partial charge in [-0.3, -0.25) is 0 Å². The topological polar surface area (TPSA) is 115 Å². The third-order valence-corrected chi connectivity index (χ3v) is 2.65. The highest BCUT2D eigenvalue weighted by Gasteiger charge is 2.08. The van der Waals surface area contributed by atoms with Crippen LogP contribution < -0.4 is 16.3 Å². The molecule has 0 radical (unpaired) electrons. The molecule has 2 rings (SSSR count). The van der Waals surface area contributed by atoms with E-state index < -0.39 is 0 Å². The largest absolute Gasteiger partial charge is 0.455 e. The third kappa shape index (κ3) is 2.89. The molecule has 0 aliphatic carbocycles. The first-order valence-corrected chi connectivity index (χ1v) is 5.76. The highest BCUT2D eigenvalue weighted by Crippen LogP contribution is 2.34. The van der Waals surface area contributed by atoms with Crippen LogP contribution in [0.2, 0.25) is 0 Å². The summed E-state index contributed by atoms with van der Waals surface area (Å²) >= 11 is 0. The van der Waals surface area contributed by atoms with Gasteiger partial charge in [0.15, 0.2) is 5.75 Å². The van der Waals surface area contributed by atoms with Crippen LogP contribution in [-0.4, -0.2) is 0 Å². The van der Waals surface area contributed by atoms with Crippen molar-refractivity contribution in [1.29, 1.82) is 0 Å². The number of rotatable bonds is 4. The van der Waals surface area contributed by atoms with E-state index in [2.05, 4.69) is 15.5 Å². The molecule has 0 aliphatic rings. The van der Waals surface area contributed by atoms with E-state index in [1.807, 2.05) is 0 Å². The predicted molar refractivity (Wildman–Crippen MR) is 76.3 cm³/mol. The minimum Gasteiger partial charge on any atom is -0.455 e. The van der Waals surface area contributed by atoms with Gasteiger partial charge in [0.1, 0.15) is 11.4 Å². The van der Waals surface area contributed by atoms with Crippen molar-refractivity contribution in [3.63, 3.8) is 0 Å². The lowest BCUT2D eigenvalue weighted by molar-refractivity contribution is 0.485. The molecule has 0 fully saturated rings. The van der Waals surface area contributed by atoms with Crippen LogP contribution in [0.15, 0.2) is 51.9 Å². The lowest BCUT2D eigenvalue weighted by Crippen LogP contribution is -1.93. The van der Waals surface area contributed by atoms with Crippen molar-refractivity contribution in [2.24, 2.45) is 21.4 Å². The van der Waals surface area contributed by atoms with Crippen molar-refractivity contribution in [3.05, 3.63) is 46.9 Å². The monoisotopic (exact) mass is 271 g/mol. The van der Waals surface area contributed by atoms with Crippen molar-refractivity contribution in [3.8, 4) is 11.5 Å². The Morgan fingerprint density at radius 3 is 2.70 bits per heavy atom. The molecule has 2 aromatic carbocycles. The number of nitrogen functional groups attached to an aromatic ring is 1. The summed E-state index contributed by atoms with van der Waals surface area (Å²) in [4.78, 5) is 10.7. The number of hydrogen-bond donors (Lipinski definition) is 2. The molecule has 0 aliphatic heterocycles. The quantitative estimate of drug-likeness (QED) is 0.290. The Morgan fingerprint density at radius 1 is 1.20 bits per heavy atom. The zero-order valence-electron chi connectivity index (χ0n) is 10.8. The van der Waals surface area contributed by atoms with Gasteiger partial charge >= 0.3 is 0 Å². The summed E-state index contributed by atoms with van der Waals surface area (Å²) in [6, 6.07) is 9.96. The molecule has 0 aromatic heterocycles. The van der Waals surface area contributed by atoms with Crippen molar-refractivity contribution < 1.29 is 4.74 Å². The second kappa shape index (κ2) is 5.79. The van der Waals surface area contributed by atoms with Gasteiger partial charge in [-0.05, 0) is 35.9 Å². The first-order chi connectivity index (χ1) is 9.63. The molecule has 0 saturated heterocycles. The van der Waals surface area contributed by atoms with Gasteiger partial charge in [0.2, 0.25) is 0 Å². The van der Waals surface area contributed by atoms with E-state index in [0.29, 0.717) is 28.4 Å². The maximum Gasteiger partial charge on any atom is 0.152 e. The summed E-state index contributed by atoms with van der Waals surface area (Å²) in [5, 5.41) is 9.83. The molecule has 0 amide bonds. The highest BCUT2D eigenvalue weighted by molar-refractivity contribution is 5.64. The zero-order chi connectivity index (χ0) is 14.5. The summed E-state index contributed by atoms with van der Waals surface area (Å²) in [7, 11) is 0. The smallest absolute Gasteiger partial charge is 0.152 e. The number of aryl methyl sites for hydroxylation is 1. The van der Waals surface area contributed by atoms with Crippen LogP contribution in [0.4, 0.5) is 17.1 Å². The fourth-order valence-electron chi connectivity index (χ4n) is 1.69. The number of anilines is 1. The molecule has 0 atom stereocenters. The Kier molecular flexibility index (Phi) is 3.90. The van der Waals surface area contributed by atoms with Crippen molar-refractivity contribution in [1.82, 2.24) is 0 Å². The van der Waals surface area contributed by atoms with Crippen LogP contribution in [0, 0.1) is 11.8 Å². The van der Waals surface area contributed by atoms with Crippen LogP contribution >= 0.6 is 0 Å². The molecule has 102 valence electrons. The lowest BCUT2D eigenvalue weighted by Gasteiger charge is -2.10. The van der Waals surface area contributed by atoms with E-state index in [9.17, 15) is 4.91 Å². The van der Waals surface area contributed by atoms with Crippen LogP contribution in [0.1, 0.15) is 5.56 Å². The van der Waals surface area contributed by atoms with Gasteiger partial charge in [0.05, 0.1) is 11.4 Å². The number of hydrogen-bond acceptors (Lipinski definition) is 6. The van der Waals surface area contributed by atoms with Gasteiger partial charge in [-0.2, -0.15) is 0 Å². The molecule has 4 N–H and O–H groups in total. The number of nitrogens with zero attached hydrogens (tertiary/aromatic N) is 3. The number of nitroso groups, excluding NO2 is 1. The minimum atomic E-state index is 0.284. The first-order valence-electron chi connectivity index (χ1n) is 5.76. The summed E-state index contributed by atoms with van der Waals surface area (Å²) in [6.07, 6.45) is 0. The predicted octanol–water partition coefficient (Wildman–Crippen LogP) is 3.72.